The van der Waals surface area contributed by atoms with E-state index in [0.717, 1.165) is 0 Å². The fourth-order valence-corrected chi connectivity index (χ4v) is 1.94. The highest BCUT2D eigenvalue weighted by molar-refractivity contribution is 6.29. The van der Waals surface area contributed by atoms with E-state index in [-0.39, 0.29) is 30.0 Å². The van der Waals surface area contributed by atoms with Crippen LogP contribution < -0.4 is 4.90 Å². The maximum absolute atomic E-state index is 11.7. The van der Waals surface area contributed by atoms with Gasteiger partial charge in [-0.3, -0.25) is 14.5 Å². The average Bonchev–Trinajstić information content (AvgIpc) is 2.59. The van der Waals surface area contributed by atoms with E-state index in [1.165, 1.54) is 4.90 Å². The molecule has 1 amide bonds. The summed E-state index contributed by atoms with van der Waals surface area (Å²) in [6.45, 7) is 1.82. The SMILES string of the molecule is Cc1cc(Cl)nc(N2CC(C(=O)O)CC2=O)n1. The standard InChI is InChI=1S/C10H10ClN3O3/c1-5-2-7(11)13-10(12-5)14-4-6(9(16)17)3-8(14)15/h2,6H,3-4H2,1H3,(H,16,17). The molecule has 1 aromatic rings. The summed E-state index contributed by atoms with van der Waals surface area (Å²) < 4.78 is 0. The second-order valence-electron chi connectivity index (χ2n) is 3.88. The summed E-state index contributed by atoms with van der Waals surface area (Å²) in [6, 6.07) is 1.57. The second-order valence-corrected chi connectivity index (χ2v) is 4.26. The normalized spacial score (nSPS) is 19.8. The molecule has 7 heteroatoms. The van der Waals surface area contributed by atoms with Crippen LogP contribution >= 0.6 is 11.6 Å². The van der Waals surface area contributed by atoms with E-state index in [0.29, 0.717) is 5.69 Å². The van der Waals surface area contributed by atoms with Crippen LogP contribution in [0.15, 0.2) is 6.07 Å². The van der Waals surface area contributed by atoms with Gasteiger partial charge in [0.1, 0.15) is 5.15 Å². The second kappa shape index (κ2) is 4.29. The first-order chi connectivity index (χ1) is 7.97. The summed E-state index contributed by atoms with van der Waals surface area (Å²) in [5.41, 5.74) is 0.631. The molecule has 90 valence electrons. The van der Waals surface area contributed by atoms with Crippen molar-refractivity contribution in [3.05, 3.63) is 16.9 Å². The molecule has 1 fully saturated rings. The monoisotopic (exact) mass is 255 g/mol. The zero-order chi connectivity index (χ0) is 12.6. The van der Waals surface area contributed by atoms with Gasteiger partial charge in [0.05, 0.1) is 5.92 Å². The van der Waals surface area contributed by atoms with Gasteiger partial charge >= 0.3 is 5.97 Å². The largest absolute Gasteiger partial charge is 0.481 e. The number of carbonyl (C=O) groups is 2. The molecule has 1 saturated heterocycles. The van der Waals surface area contributed by atoms with Crippen molar-refractivity contribution in [1.82, 2.24) is 9.97 Å². The molecular weight excluding hydrogens is 246 g/mol. The maximum atomic E-state index is 11.7. The molecule has 2 heterocycles. The van der Waals surface area contributed by atoms with Crippen molar-refractivity contribution in [3.63, 3.8) is 0 Å². The van der Waals surface area contributed by atoms with Crippen molar-refractivity contribution in [1.29, 1.82) is 0 Å². The van der Waals surface area contributed by atoms with E-state index in [1.807, 2.05) is 0 Å². The number of carboxylic acids is 1. The molecule has 1 aromatic heterocycles. The Bertz CT molecular complexity index is 471. The van der Waals surface area contributed by atoms with E-state index in [2.05, 4.69) is 9.97 Å². The third kappa shape index (κ3) is 2.36. The van der Waals surface area contributed by atoms with Gasteiger partial charge in [0.25, 0.3) is 0 Å². The Morgan fingerprint density at radius 1 is 1.59 bits per heavy atom. The van der Waals surface area contributed by atoms with Crippen molar-refractivity contribution in [2.45, 2.75) is 13.3 Å². The van der Waals surface area contributed by atoms with Gasteiger partial charge in [0.2, 0.25) is 11.9 Å². The summed E-state index contributed by atoms with van der Waals surface area (Å²) in [4.78, 5) is 31.7. The van der Waals surface area contributed by atoms with Crippen molar-refractivity contribution in [2.75, 3.05) is 11.4 Å². The molecule has 1 aliphatic heterocycles. The molecule has 0 spiro atoms. The summed E-state index contributed by atoms with van der Waals surface area (Å²) >= 11 is 5.77. The van der Waals surface area contributed by atoms with Gasteiger partial charge in [-0.15, -0.1) is 0 Å². The molecule has 1 aliphatic rings. The summed E-state index contributed by atoms with van der Waals surface area (Å²) in [6.07, 6.45) is -0.0236. The molecule has 0 aromatic carbocycles. The Morgan fingerprint density at radius 3 is 2.82 bits per heavy atom. The minimum Gasteiger partial charge on any atom is -0.481 e. The molecule has 0 radical (unpaired) electrons. The number of carbonyl (C=O) groups excluding carboxylic acids is 1. The van der Waals surface area contributed by atoms with E-state index in [4.69, 9.17) is 16.7 Å². The Hall–Kier alpha value is -1.69. The quantitative estimate of drug-likeness (QED) is 0.793. The van der Waals surface area contributed by atoms with Crippen LogP contribution in [-0.4, -0.2) is 33.5 Å². The Labute approximate surface area is 102 Å². The Morgan fingerprint density at radius 2 is 2.29 bits per heavy atom. The molecule has 0 saturated carbocycles. The number of aromatic nitrogens is 2. The van der Waals surface area contributed by atoms with Crippen LogP contribution in [0.1, 0.15) is 12.1 Å². The van der Waals surface area contributed by atoms with Crippen LogP contribution in [-0.2, 0) is 9.59 Å². The van der Waals surface area contributed by atoms with Gasteiger partial charge in [-0.25, -0.2) is 9.97 Å². The van der Waals surface area contributed by atoms with Gasteiger partial charge in [0.15, 0.2) is 0 Å². The minimum absolute atomic E-state index is 0.0236. The van der Waals surface area contributed by atoms with Crippen molar-refractivity contribution in [3.8, 4) is 0 Å². The van der Waals surface area contributed by atoms with Crippen LogP contribution in [0.5, 0.6) is 0 Å². The van der Waals surface area contributed by atoms with E-state index < -0.39 is 11.9 Å². The van der Waals surface area contributed by atoms with E-state index >= 15 is 0 Å². The van der Waals surface area contributed by atoms with Crippen LogP contribution in [0, 0.1) is 12.8 Å². The number of aryl methyl sites for hydroxylation is 1. The van der Waals surface area contributed by atoms with E-state index in [9.17, 15) is 9.59 Å². The topological polar surface area (TPSA) is 83.4 Å². The molecule has 6 nitrogen and oxygen atoms in total. The fraction of sp³-hybridized carbons (Fsp3) is 0.400. The highest BCUT2D eigenvalue weighted by Gasteiger charge is 2.36. The number of hydrogen-bond donors (Lipinski definition) is 1. The lowest BCUT2D eigenvalue weighted by molar-refractivity contribution is -0.141. The van der Waals surface area contributed by atoms with Crippen molar-refractivity contribution >= 4 is 29.4 Å². The molecule has 17 heavy (non-hydrogen) atoms. The summed E-state index contributed by atoms with van der Waals surface area (Å²) in [7, 11) is 0. The molecule has 1 N–H and O–H groups in total. The van der Waals surface area contributed by atoms with Gasteiger partial charge in [0, 0.05) is 18.7 Å². The van der Waals surface area contributed by atoms with Crippen molar-refractivity contribution < 1.29 is 14.7 Å². The molecule has 0 bridgehead atoms. The lowest BCUT2D eigenvalue weighted by atomic mass is 10.1. The lowest BCUT2D eigenvalue weighted by Crippen LogP contribution is -2.27. The first-order valence-corrected chi connectivity index (χ1v) is 5.39. The number of hydrogen-bond acceptors (Lipinski definition) is 4. The fourth-order valence-electron chi connectivity index (χ4n) is 1.70. The molecule has 2 rings (SSSR count). The lowest BCUT2D eigenvalue weighted by Gasteiger charge is -2.14. The zero-order valence-corrected chi connectivity index (χ0v) is 9.81. The molecule has 1 atom stereocenters. The van der Waals surface area contributed by atoms with Gasteiger partial charge in [-0.05, 0) is 13.0 Å². The third-order valence-corrected chi connectivity index (χ3v) is 2.72. The summed E-state index contributed by atoms with van der Waals surface area (Å²) in [5.74, 6) is -1.81. The Kier molecular flexibility index (Phi) is 2.97. The van der Waals surface area contributed by atoms with Crippen molar-refractivity contribution in [2.24, 2.45) is 5.92 Å². The molecule has 1 unspecified atom stereocenters. The summed E-state index contributed by atoms with van der Waals surface area (Å²) in [5, 5.41) is 9.09. The first-order valence-electron chi connectivity index (χ1n) is 5.01. The zero-order valence-electron chi connectivity index (χ0n) is 9.05. The number of nitrogens with zero attached hydrogens (tertiary/aromatic N) is 3. The maximum Gasteiger partial charge on any atom is 0.308 e. The number of halogens is 1. The van der Waals surface area contributed by atoms with Crippen LogP contribution in [0.3, 0.4) is 0 Å². The predicted molar refractivity (Wildman–Crippen MR) is 59.9 cm³/mol. The highest BCUT2D eigenvalue weighted by Crippen LogP contribution is 2.23. The number of anilines is 1. The smallest absolute Gasteiger partial charge is 0.308 e. The van der Waals surface area contributed by atoms with Gasteiger partial charge < -0.3 is 5.11 Å². The first kappa shape index (κ1) is 11.8. The van der Waals surface area contributed by atoms with Gasteiger partial charge in [-0.2, -0.15) is 0 Å². The van der Waals surface area contributed by atoms with Crippen LogP contribution in [0.2, 0.25) is 5.15 Å². The van der Waals surface area contributed by atoms with Gasteiger partial charge in [-0.1, -0.05) is 11.6 Å². The molecular formula is C10H10ClN3O3. The predicted octanol–water partition coefficient (Wildman–Crippen LogP) is 0.876. The number of carboxylic acid groups (broad SMARTS) is 1. The minimum atomic E-state index is -0.986. The number of amides is 1. The third-order valence-electron chi connectivity index (χ3n) is 2.53. The molecule has 0 aliphatic carbocycles. The Balaban J connectivity index is 2.28. The van der Waals surface area contributed by atoms with E-state index in [1.54, 1.807) is 13.0 Å². The number of aliphatic carboxylic acids is 1. The van der Waals surface area contributed by atoms with Crippen LogP contribution in [0.4, 0.5) is 5.95 Å². The van der Waals surface area contributed by atoms with Crippen LogP contribution in [0.25, 0.3) is 0 Å². The number of rotatable bonds is 2. The highest BCUT2D eigenvalue weighted by atomic mass is 35.5. The average molecular weight is 256 g/mol.